The molecule has 174 valence electrons. The second kappa shape index (κ2) is 9.22. The van der Waals surface area contributed by atoms with Crippen LogP contribution < -0.4 is 4.48 Å². The Kier molecular flexibility index (Phi) is 5.75. The maximum absolute atomic E-state index is 13.8. The van der Waals surface area contributed by atoms with Crippen molar-refractivity contribution in [3.05, 3.63) is 150 Å². The van der Waals surface area contributed by atoms with Gasteiger partial charge in [0.05, 0.1) is 0 Å². The SMILES string of the molecule is Fc1ccc(-c2nn(C(c3ccccc3)(c3ccccc3)c3ccccc3)c3cc([AsH2])ncc23)cc1. The third-order valence-electron chi connectivity index (χ3n) is 6.60. The Bertz CT molecular complexity index is 1530. The van der Waals surface area contributed by atoms with Crippen LogP contribution in [0.2, 0.25) is 0 Å². The third-order valence-corrected chi connectivity index (χ3v) is 7.26. The van der Waals surface area contributed by atoms with E-state index in [2.05, 4.69) is 88.5 Å². The number of benzene rings is 4. The van der Waals surface area contributed by atoms with Gasteiger partial charge in [0.2, 0.25) is 0 Å². The van der Waals surface area contributed by atoms with E-state index in [0.29, 0.717) is 0 Å². The second-order valence-electron chi connectivity index (χ2n) is 8.70. The van der Waals surface area contributed by atoms with Gasteiger partial charge in [0.15, 0.2) is 0 Å². The quantitative estimate of drug-likeness (QED) is 0.222. The summed E-state index contributed by atoms with van der Waals surface area (Å²) in [6, 6.07) is 40.1. The van der Waals surface area contributed by atoms with Gasteiger partial charge in [-0.1, -0.05) is 0 Å². The van der Waals surface area contributed by atoms with Gasteiger partial charge in [0, 0.05) is 0 Å². The Morgan fingerprint density at radius 1 is 0.667 bits per heavy atom. The van der Waals surface area contributed by atoms with Crippen LogP contribution in [0.4, 0.5) is 4.39 Å². The van der Waals surface area contributed by atoms with Gasteiger partial charge in [-0.15, -0.1) is 0 Å². The van der Waals surface area contributed by atoms with Gasteiger partial charge in [-0.2, -0.15) is 0 Å². The van der Waals surface area contributed by atoms with Crippen molar-refractivity contribution in [3.63, 3.8) is 0 Å². The molecule has 0 radical (unpaired) electrons. The van der Waals surface area contributed by atoms with E-state index in [1.807, 2.05) is 24.4 Å². The molecule has 0 aliphatic heterocycles. The Morgan fingerprint density at radius 3 is 1.67 bits per heavy atom. The van der Waals surface area contributed by atoms with Crippen LogP contribution in [0, 0.1) is 5.82 Å². The molecular weight excluding hydrogens is 508 g/mol. The van der Waals surface area contributed by atoms with Crippen LogP contribution >= 0.6 is 0 Å². The summed E-state index contributed by atoms with van der Waals surface area (Å²) in [6.45, 7) is 0. The fraction of sp³-hybridized carbons (Fsp3) is 0.0323. The van der Waals surface area contributed by atoms with Gasteiger partial charge in [0.1, 0.15) is 0 Å². The fourth-order valence-electron chi connectivity index (χ4n) is 5.01. The van der Waals surface area contributed by atoms with Crippen LogP contribution in [0.25, 0.3) is 22.2 Å². The molecule has 0 N–H and O–H groups in total. The minimum absolute atomic E-state index is 0.272. The summed E-state index contributed by atoms with van der Waals surface area (Å²) in [5.74, 6) is -0.272. The number of halogens is 1. The van der Waals surface area contributed by atoms with Crippen molar-refractivity contribution in [1.29, 1.82) is 0 Å². The average Bonchev–Trinajstić information content (AvgIpc) is 3.30. The normalized spacial score (nSPS) is 11.6. The zero-order valence-electron chi connectivity index (χ0n) is 19.4. The van der Waals surface area contributed by atoms with Crippen molar-refractivity contribution in [3.8, 4) is 11.3 Å². The van der Waals surface area contributed by atoms with Gasteiger partial charge >= 0.3 is 218 Å². The summed E-state index contributed by atoms with van der Waals surface area (Å²) in [4.78, 5) is 4.63. The number of aromatic nitrogens is 3. The van der Waals surface area contributed by atoms with Crippen LogP contribution in [0.3, 0.4) is 0 Å². The van der Waals surface area contributed by atoms with E-state index in [1.54, 1.807) is 12.1 Å². The molecule has 2 aromatic heterocycles. The Labute approximate surface area is 217 Å². The van der Waals surface area contributed by atoms with Crippen LogP contribution in [-0.2, 0) is 5.54 Å². The molecule has 0 spiro atoms. The Hall–Kier alpha value is -4.01. The summed E-state index contributed by atoms with van der Waals surface area (Å²) >= 11 is 1.46. The molecule has 0 aliphatic rings. The molecule has 0 fully saturated rings. The predicted molar refractivity (Wildman–Crippen MR) is 146 cm³/mol. The number of pyridine rings is 1. The molecule has 4 aromatic carbocycles. The summed E-state index contributed by atoms with van der Waals surface area (Å²) in [6.07, 6.45) is 1.89. The van der Waals surface area contributed by atoms with Crippen molar-refractivity contribution < 1.29 is 4.39 Å². The Morgan fingerprint density at radius 2 is 1.17 bits per heavy atom. The third kappa shape index (κ3) is 3.66. The average molecular weight is 531 g/mol. The molecule has 0 amide bonds. The topological polar surface area (TPSA) is 30.7 Å². The summed E-state index contributed by atoms with van der Waals surface area (Å²) < 4.78 is 16.9. The zero-order chi connectivity index (χ0) is 24.5. The van der Waals surface area contributed by atoms with E-state index in [4.69, 9.17) is 5.10 Å². The van der Waals surface area contributed by atoms with Crippen LogP contribution in [-0.4, -0.2) is 31.6 Å². The molecule has 0 bridgehead atoms. The number of hydrogen-bond donors (Lipinski definition) is 0. The van der Waals surface area contributed by atoms with E-state index in [0.717, 1.165) is 43.3 Å². The summed E-state index contributed by atoms with van der Waals surface area (Å²) in [5.41, 5.74) is 5.13. The summed E-state index contributed by atoms with van der Waals surface area (Å²) in [7, 11) is 0. The first-order valence-corrected chi connectivity index (χ1v) is 13.0. The van der Waals surface area contributed by atoms with Crippen molar-refractivity contribution in [2.45, 2.75) is 5.54 Å². The molecule has 6 rings (SSSR count). The zero-order valence-corrected chi connectivity index (χ0v) is 21.8. The first kappa shape index (κ1) is 22.5. The van der Waals surface area contributed by atoms with E-state index < -0.39 is 5.54 Å². The van der Waals surface area contributed by atoms with Gasteiger partial charge < -0.3 is 0 Å². The Balaban J connectivity index is 1.79. The van der Waals surface area contributed by atoms with Gasteiger partial charge in [-0.3, -0.25) is 0 Å². The first-order valence-electron chi connectivity index (χ1n) is 11.7. The maximum atomic E-state index is 13.8. The number of hydrogen-bond acceptors (Lipinski definition) is 2. The molecule has 0 saturated carbocycles. The molecule has 3 nitrogen and oxygen atoms in total. The number of rotatable bonds is 5. The van der Waals surface area contributed by atoms with E-state index in [1.165, 1.54) is 29.0 Å². The van der Waals surface area contributed by atoms with E-state index >= 15 is 0 Å². The monoisotopic (exact) mass is 531 g/mol. The van der Waals surface area contributed by atoms with Gasteiger partial charge in [0.25, 0.3) is 0 Å². The minimum atomic E-state index is -0.749. The van der Waals surface area contributed by atoms with Gasteiger partial charge in [-0.25, -0.2) is 0 Å². The van der Waals surface area contributed by atoms with Crippen molar-refractivity contribution in [1.82, 2.24) is 14.8 Å². The first-order chi connectivity index (χ1) is 17.7. The molecule has 5 heteroatoms. The number of nitrogens with zero attached hydrogens (tertiary/aromatic N) is 3. The molecule has 0 saturated heterocycles. The van der Waals surface area contributed by atoms with Crippen LogP contribution in [0.15, 0.2) is 128 Å². The second-order valence-corrected chi connectivity index (χ2v) is 9.94. The van der Waals surface area contributed by atoms with Gasteiger partial charge in [-0.05, 0) is 0 Å². The molecule has 6 aromatic rings. The van der Waals surface area contributed by atoms with E-state index in [-0.39, 0.29) is 5.82 Å². The number of fused-ring (bicyclic) bond motifs is 1. The van der Waals surface area contributed by atoms with Crippen LogP contribution in [0.1, 0.15) is 16.7 Å². The molecule has 36 heavy (non-hydrogen) atoms. The molecular formula is C31H23AsFN3. The molecule has 2 heterocycles. The van der Waals surface area contributed by atoms with Crippen molar-refractivity contribution in [2.24, 2.45) is 0 Å². The van der Waals surface area contributed by atoms with Crippen molar-refractivity contribution in [2.75, 3.05) is 0 Å². The standard InChI is InChI=1S/C31H23AsFN3/c32-29-20-28-27(21-34-29)30(22-16-18-26(33)19-17-22)35-36(28)31(23-10-4-1-5-11-23,24-12-6-2-7-13-24)25-14-8-3-9-15-25/h1-21H,32H2. The molecule has 1 atom stereocenters. The van der Waals surface area contributed by atoms with E-state index in [9.17, 15) is 4.39 Å². The van der Waals surface area contributed by atoms with Crippen LogP contribution in [0.5, 0.6) is 0 Å². The summed E-state index contributed by atoms with van der Waals surface area (Å²) in [5, 5.41) is 6.22. The fourth-order valence-corrected chi connectivity index (χ4v) is 5.49. The predicted octanol–water partition coefficient (Wildman–Crippen LogP) is 5.34. The molecule has 1 unspecified atom stereocenters. The molecule has 0 aliphatic carbocycles. The van der Waals surface area contributed by atoms with Crippen molar-refractivity contribution >= 4 is 32.2 Å².